The number of fused-ring (bicyclic) bond motifs is 5. The van der Waals surface area contributed by atoms with Crippen LogP contribution in [-0.2, 0) is 6.42 Å². The Morgan fingerprint density at radius 1 is 0.611 bits per heavy atom. The normalized spacial score (nSPS) is 13.6. The number of hydrogen-bond acceptors (Lipinski definition) is 0. The second kappa shape index (κ2) is 8.36. The van der Waals surface area contributed by atoms with Gasteiger partial charge in [-0.15, -0.1) is 0 Å². The van der Waals surface area contributed by atoms with Crippen LogP contribution in [0.2, 0.25) is 0 Å². The van der Waals surface area contributed by atoms with Gasteiger partial charge in [0.1, 0.15) is 0 Å². The summed E-state index contributed by atoms with van der Waals surface area (Å²) in [6.07, 6.45) is 7.88. The molecule has 0 aliphatic heterocycles. The third-order valence-corrected chi connectivity index (χ3v) is 7.66. The van der Waals surface area contributed by atoms with Crippen LogP contribution >= 0.6 is 0 Å². The minimum absolute atomic E-state index is 0.948. The van der Waals surface area contributed by atoms with Crippen molar-refractivity contribution in [3.05, 3.63) is 143 Å². The monoisotopic (exact) mass is 458 g/mol. The van der Waals surface area contributed by atoms with E-state index in [2.05, 4.69) is 134 Å². The first-order chi connectivity index (χ1) is 17.8. The fourth-order valence-corrected chi connectivity index (χ4v) is 5.97. The fraction of sp³-hybridized carbons (Fsp3) is 0.0556. The average Bonchev–Trinajstić information content (AvgIpc) is 2.95. The predicted molar refractivity (Wildman–Crippen MR) is 156 cm³/mol. The van der Waals surface area contributed by atoms with Crippen molar-refractivity contribution >= 4 is 44.0 Å². The molecule has 0 bridgehead atoms. The second-order valence-corrected chi connectivity index (χ2v) is 9.61. The van der Waals surface area contributed by atoms with E-state index in [0.717, 1.165) is 6.42 Å². The number of benzene rings is 6. The highest BCUT2D eigenvalue weighted by atomic mass is 14.2. The first-order valence-electron chi connectivity index (χ1n) is 12.7. The largest absolute Gasteiger partial charge is 0.0795 e. The van der Waals surface area contributed by atoms with Crippen molar-refractivity contribution < 1.29 is 0 Å². The van der Waals surface area contributed by atoms with Crippen molar-refractivity contribution in [3.8, 4) is 11.1 Å². The van der Waals surface area contributed by atoms with Crippen LogP contribution in [-0.4, -0.2) is 0 Å². The molecule has 0 radical (unpaired) electrons. The van der Waals surface area contributed by atoms with Crippen molar-refractivity contribution in [3.63, 3.8) is 0 Å². The van der Waals surface area contributed by atoms with Crippen LogP contribution in [0.1, 0.15) is 18.1 Å². The maximum absolute atomic E-state index is 2.33. The Hall–Kier alpha value is -4.42. The SMILES string of the molecule is C/C=c1/c(-c2cccc3ccccc23)ccc2ccc3c(c12)CC=CC=3c1ccc2ccccc2c1. The summed E-state index contributed by atoms with van der Waals surface area (Å²) in [5.74, 6) is 0. The van der Waals surface area contributed by atoms with Crippen molar-refractivity contribution in [1.82, 2.24) is 0 Å². The summed E-state index contributed by atoms with van der Waals surface area (Å²) < 4.78 is 0. The minimum Gasteiger partial charge on any atom is -0.0795 e. The zero-order chi connectivity index (χ0) is 24.1. The molecule has 0 heterocycles. The molecular formula is C36H26. The standard InChI is InChI=1S/C36H26/c1-2-29-33(32-15-7-12-25-10-5-6-13-30(25)32)21-19-26-20-22-34-31(14-8-16-35(34)36(26)29)28-18-17-24-9-3-4-11-27(24)23-28/h2-15,17-23H,16H2,1H3/b29-2-. The molecule has 36 heavy (non-hydrogen) atoms. The van der Waals surface area contributed by atoms with Gasteiger partial charge in [0.05, 0.1) is 0 Å². The molecule has 0 aromatic heterocycles. The van der Waals surface area contributed by atoms with Gasteiger partial charge in [-0.25, -0.2) is 0 Å². The zero-order valence-corrected chi connectivity index (χ0v) is 20.3. The van der Waals surface area contributed by atoms with Crippen LogP contribution in [0.5, 0.6) is 0 Å². The first-order valence-corrected chi connectivity index (χ1v) is 12.7. The average molecular weight is 459 g/mol. The Kier molecular flexibility index (Phi) is 4.85. The molecule has 0 amide bonds. The molecule has 1 aliphatic rings. The summed E-state index contributed by atoms with van der Waals surface area (Å²) in [6, 6.07) is 40.0. The second-order valence-electron chi connectivity index (χ2n) is 9.61. The van der Waals surface area contributed by atoms with E-state index in [1.165, 1.54) is 70.6 Å². The summed E-state index contributed by atoms with van der Waals surface area (Å²) >= 11 is 0. The quantitative estimate of drug-likeness (QED) is 0.247. The molecule has 0 heteroatoms. The highest BCUT2D eigenvalue weighted by molar-refractivity contribution is 6.01. The Labute approximate surface area is 211 Å². The molecular weight excluding hydrogens is 432 g/mol. The topological polar surface area (TPSA) is 0 Å². The summed E-state index contributed by atoms with van der Waals surface area (Å²) in [7, 11) is 0. The van der Waals surface area contributed by atoms with Gasteiger partial charge in [0.25, 0.3) is 0 Å². The molecule has 170 valence electrons. The van der Waals surface area contributed by atoms with Crippen LogP contribution in [0, 0.1) is 0 Å². The van der Waals surface area contributed by atoms with E-state index in [0.29, 0.717) is 0 Å². The van der Waals surface area contributed by atoms with Gasteiger partial charge in [-0.05, 0) is 90.0 Å². The van der Waals surface area contributed by atoms with Gasteiger partial charge in [0.15, 0.2) is 0 Å². The maximum Gasteiger partial charge on any atom is -0.00670 e. The lowest BCUT2D eigenvalue weighted by Gasteiger charge is -2.17. The molecule has 6 aromatic rings. The molecule has 6 aromatic carbocycles. The molecule has 7 rings (SSSR count). The van der Waals surface area contributed by atoms with Crippen molar-refractivity contribution in [2.45, 2.75) is 13.3 Å². The molecule has 0 nitrogen and oxygen atoms in total. The smallest absolute Gasteiger partial charge is 0.00670 e. The van der Waals surface area contributed by atoms with E-state index in [-0.39, 0.29) is 0 Å². The zero-order valence-electron chi connectivity index (χ0n) is 20.3. The summed E-state index contributed by atoms with van der Waals surface area (Å²) in [5.41, 5.74) is 6.61. The van der Waals surface area contributed by atoms with E-state index in [9.17, 15) is 0 Å². The van der Waals surface area contributed by atoms with Gasteiger partial charge < -0.3 is 0 Å². The van der Waals surface area contributed by atoms with Gasteiger partial charge in [0.2, 0.25) is 0 Å². The Morgan fingerprint density at radius 3 is 2.25 bits per heavy atom. The molecule has 1 aliphatic carbocycles. The van der Waals surface area contributed by atoms with Crippen LogP contribution < -0.4 is 10.4 Å². The predicted octanol–water partition coefficient (Wildman–Crippen LogP) is 7.92. The first kappa shape index (κ1) is 20.9. The minimum atomic E-state index is 0.948. The molecule has 0 N–H and O–H groups in total. The van der Waals surface area contributed by atoms with E-state index in [1.807, 2.05) is 0 Å². The lowest BCUT2D eigenvalue weighted by molar-refractivity contribution is 1.24. The lowest BCUT2D eigenvalue weighted by Crippen LogP contribution is -2.20. The Morgan fingerprint density at radius 2 is 1.36 bits per heavy atom. The van der Waals surface area contributed by atoms with Crippen LogP contribution in [0.4, 0.5) is 0 Å². The van der Waals surface area contributed by atoms with E-state index >= 15 is 0 Å². The van der Waals surface area contributed by atoms with E-state index in [1.54, 1.807) is 0 Å². The maximum atomic E-state index is 2.33. The summed E-state index contributed by atoms with van der Waals surface area (Å²) in [6.45, 7) is 2.18. The van der Waals surface area contributed by atoms with Crippen molar-refractivity contribution in [2.75, 3.05) is 0 Å². The van der Waals surface area contributed by atoms with Crippen molar-refractivity contribution in [2.24, 2.45) is 0 Å². The molecule has 0 saturated heterocycles. The molecule has 0 fully saturated rings. The summed E-state index contributed by atoms with van der Waals surface area (Å²) in [4.78, 5) is 0. The molecule has 0 atom stereocenters. The number of allylic oxidation sites excluding steroid dienone is 2. The fourth-order valence-electron chi connectivity index (χ4n) is 5.97. The highest BCUT2D eigenvalue weighted by Gasteiger charge is 2.14. The van der Waals surface area contributed by atoms with E-state index in [4.69, 9.17) is 0 Å². The van der Waals surface area contributed by atoms with Gasteiger partial charge in [-0.2, -0.15) is 0 Å². The van der Waals surface area contributed by atoms with Gasteiger partial charge >= 0.3 is 0 Å². The summed E-state index contributed by atoms with van der Waals surface area (Å²) in [5, 5.41) is 10.5. The molecule has 0 saturated carbocycles. The lowest BCUT2D eigenvalue weighted by atomic mass is 9.87. The van der Waals surface area contributed by atoms with Crippen molar-refractivity contribution in [1.29, 1.82) is 0 Å². The number of rotatable bonds is 2. The Bertz CT molecular complexity index is 1960. The van der Waals surface area contributed by atoms with Gasteiger partial charge in [-0.3, -0.25) is 0 Å². The molecule has 0 spiro atoms. The van der Waals surface area contributed by atoms with Crippen LogP contribution in [0.25, 0.3) is 55.1 Å². The molecule has 0 unspecified atom stereocenters. The highest BCUT2D eigenvalue weighted by Crippen LogP contribution is 2.30. The third-order valence-electron chi connectivity index (χ3n) is 7.66. The van der Waals surface area contributed by atoms with Gasteiger partial charge in [0, 0.05) is 0 Å². The number of hydrogen-bond donors (Lipinski definition) is 0. The Balaban J connectivity index is 1.55. The van der Waals surface area contributed by atoms with Crippen LogP contribution in [0.3, 0.4) is 0 Å². The van der Waals surface area contributed by atoms with E-state index < -0.39 is 0 Å². The van der Waals surface area contributed by atoms with Gasteiger partial charge in [-0.1, -0.05) is 121 Å². The third kappa shape index (κ3) is 3.22. The van der Waals surface area contributed by atoms with Crippen LogP contribution in [0.15, 0.2) is 121 Å².